The van der Waals surface area contributed by atoms with Gasteiger partial charge in [0.1, 0.15) is 5.69 Å². The van der Waals surface area contributed by atoms with Gasteiger partial charge >= 0.3 is 0 Å². The Hall–Kier alpha value is -3.47. The molecule has 1 aromatic heterocycles. The van der Waals surface area contributed by atoms with Gasteiger partial charge in [0, 0.05) is 18.0 Å². The number of hydrogen-bond donors (Lipinski definition) is 1. The quantitative estimate of drug-likeness (QED) is 0.536. The van der Waals surface area contributed by atoms with Crippen molar-refractivity contribution in [3.63, 3.8) is 0 Å². The first kappa shape index (κ1) is 15.4. The van der Waals surface area contributed by atoms with E-state index in [0.717, 1.165) is 16.9 Å². The van der Waals surface area contributed by atoms with Gasteiger partial charge in [-0.25, -0.2) is 0 Å². The molecule has 5 nitrogen and oxygen atoms in total. The summed E-state index contributed by atoms with van der Waals surface area (Å²) >= 11 is 0. The van der Waals surface area contributed by atoms with Crippen molar-refractivity contribution in [2.24, 2.45) is 0 Å². The second-order valence-electron chi connectivity index (χ2n) is 5.11. The molecule has 2 aromatic carbocycles. The van der Waals surface area contributed by atoms with Crippen LogP contribution in [0.25, 0.3) is 12.2 Å². The summed E-state index contributed by atoms with van der Waals surface area (Å²) in [5, 5.41) is 14.2. The van der Waals surface area contributed by atoms with E-state index in [1.165, 1.54) is 6.07 Å². The van der Waals surface area contributed by atoms with Crippen molar-refractivity contribution in [1.29, 1.82) is 0 Å². The first-order chi connectivity index (χ1) is 11.7. The predicted molar refractivity (Wildman–Crippen MR) is 96.0 cm³/mol. The molecule has 0 saturated carbocycles. The number of para-hydroxylation sites is 2. The summed E-state index contributed by atoms with van der Waals surface area (Å²) < 4.78 is 0. The lowest BCUT2D eigenvalue weighted by atomic mass is 10.1. The molecular formula is C19H15N3O2. The zero-order valence-corrected chi connectivity index (χ0v) is 12.8. The summed E-state index contributed by atoms with van der Waals surface area (Å²) in [5.74, 6) is 0. The van der Waals surface area contributed by atoms with Gasteiger partial charge in [0.05, 0.1) is 10.6 Å². The van der Waals surface area contributed by atoms with Gasteiger partial charge in [0.2, 0.25) is 0 Å². The van der Waals surface area contributed by atoms with Crippen LogP contribution in [-0.4, -0.2) is 9.91 Å². The molecule has 0 aliphatic heterocycles. The highest BCUT2D eigenvalue weighted by Crippen LogP contribution is 2.27. The minimum atomic E-state index is -0.396. The molecule has 0 aliphatic rings. The molecule has 0 radical (unpaired) electrons. The molecule has 24 heavy (non-hydrogen) atoms. The highest BCUT2D eigenvalue weighted by atomic mass is 16.6. The largest absolute Gasteiger partial charge is 0.350 e. The van der Waals surface area contributed by atoms with E-state index in [9.17, 15) is 10.1 Å². The first-order valence-corrected chi connectivity index (χ1v) is 7.42. The normalized spacial score (nSPS) is 10.7. The van der Waals surface area contributed by atoms with Crippen LogP contribution in [0.15, 0.2) is 72.9 Å². The van der Waals surface area contributed by atoms with E-state index in [1.807, 2.05) is 54.6 Å². The number of benzene rings is 2. The molecule has 1 heterocycles. The Morgan fingerprint density at radius 1 is 0.958 bits per heavy atom. The molecular weight excluding hydrogens is 302 g/mol. The standard InChI is InChI=1S/C19H15N3O2/c23-22(24)19-10-2-1-9-18(19)21-17-8-5-6-15(14-17)11-12-16-7-3-4-13-20-16/h1-14,21H/b12-11+. The summed E-state index contributed by atoms with van der Waals surface area (Å²) in [6, 6.07) is 20.0. The molecule has 0 spiro atoms. The minimum Gasteiger partial charge on any atom is -0.350 e. The van der Waals surface area contributed by atoms with E-state index < -0.39 is 4.92 Å². The number of aromatic nitrogens is 1. The van der Waals surface area contributed by atoms with E-state index in [2.05, 4.69) is 10.3 Å². The van der Waals surface area contributed by atoms with E-state index >= 15 is 0 Å². The van der Waals surface area contributed by atoms with Crippen molar-refractivity contribution >= 4 is 29.2 Å². The highest BCUT2D eigenvalue weighted by molar-refractivity contribution is 5.73. The van der Waals surface area contributed by atoms with Crippen LogP contribution in [0.3, 0.4) is 0 Å². The maximum absolute atomic E-state index is 11.1. The number of nitro benzene ring substituents is 1. The summed E-state index contributed by atoms with van der Waals surface area (Å²) in [7, 11) is 0. The minimum absolute atomic E-state index is 0.0481. The zero-order valence-electron chi connectivity index (χ0n) is 12.8. The van der Waals surface area contributed by atoms with Crippen molar-refractivity contribution in [2.45, 2.75) is 0 Å². The van der Waals surface area contributed by atoms with Gasteiger partial charge in [0.15, 0.2) is 0 Å². The number of nitrogens with zero attached hydrogens (tertiary/aromatic N) is 2. The Labute approximate surface area is 139 Å². The van der Waals surface area contributed by atoms with Crippen LogP contribution < -0.4 is 5.32 Å². The monoisotopic (exact) mass is 317 g/mol. The molecule has 0 atom stereocenters. The highest BCUT2D eigenvalue weighted by Gasteiger charge is 2.12. The third kappa shape index (κ3) is 3.84. The zero-order chi connectivity index (χ0) is 16.8. The lowest BCUT2D eigenvalue weighted by Gasteiger charge is -2.07. The van der Waals surface area contributed by atoms with Crippen molar-refractivity contribution in [2.75, 3.05) is 5.32 Å². The van der Waals surface area contributed by atoms with Gasteiger partial charge in [0.25, 0.3) is 5.69 Å². The second kappa shape index (κ2) is 7.19. The van der Waals surface area contributed by atoms with Crippen LogP contribution in [0.5, 0.6) is 0 Å². The smallest absolute Gasteiger partial charge is 0.292 e. The summed E-state index contributed by atoms with van der Waals surface area (Å²) in [5.41, 5.74) is 3.14. The van der Waals surface area contributed by atoms with Crippen molar-refractivity contribution in [3.8, 4) is 0 Å². The average Bonchev–Trinajstić information content (AvgIpc) is 2.61. The van der Waals surface area contributed by atoms with E-state index in [-0.39, 0.29) is 5.69 Å². The van der Waals surface area contributed by atoms with Gasteiger partial charge in [-0.3, -0.25) is 15.1 Å². The fourth-order valence-corrected chi connectivity index (χ4v) is 2.27. The topological polar surface area (TPSA) is 68.1 Å². The van der Waals surface area contributed by atoms with Gasteiger partial charge in [-0.2, -0.15) is 0 Å². The van der Waals surface area contributed by atoms with Gasteiger partial charge < -0.3 is 5.32 Å². The number of nitrogens with one attached hydrogen (secondary N) is 1. The molecule has 0 saturated heterocycles. The second-order valence-corrected chi connectivity index (χ2v) is 5.11. The molecule has 3 aromatic rings. The Morgan fingerprint density at radius 2 is 1.79 bits per heavy atom. The first-order valence-electron chi connectivity index (χ1n) is 7.42. The lowest BCUT2D eigenvalue weighted by Crippen LogP contribution is -1.96. The van der Waals surface area contributed by atoms with Crippen LogP contribution in [0.4, 0.5) is 17.1 Å². The van der Waals surface area contributed by atoms with Crippen LogP contribution in [0.2, 0.25) is 0 Å². The number of pyridine rings is 1. The van der Waals surface area contributed by atoms with E-state index in [1.54, 1.807) is 24.4 Å². The summed E-state index contributed by atoms with van der Waals surface area (Å²) in [4.78, 5) is 14.9. The Kier molecular flexibility index (Phi) is 4.62. The Balaban J connectivity index is 1.81. The van der Waals surface area contributed by atoms with Crippen LogP contribution in [-0.2, 0) is 0 Å². The molecule has 3 rings (SSSR count). The van der Waals surface area contributed by atoms with Crippen LogP contribution in [0, 0.1) is 10.1 Å². The van der Waals surface area contributed by atoms with Crippen molar-refractivity contribution in [3.05, 3.63) is 94.3 Å². The SMILES string of the molecule is O=[N+]([O-])c1ccccc1Nc1cccc(/C=C/c2ccccn2)c1. The summed E-state index contributed by atoms with van der Waals surface area (Å²) in [6.45, 7) is 0. The van der Waals surface area contributed by atoms with Gasteiger partial charge in [-0.15, -0.1) is 0 Å². The maximum atomic E-state index is 11.1. The maximum Gasteiger partial charge on any atom is 0.292 e. The third-order valence-electron chi connectivity index (χ3n) is 3.40. The van der Waals surface area contributed by atoms with Crippen LogP contribution in [0.1, 0.15) is 11.3 Å². The molecule has 118 valence electrons. The number of hydrogen-bond acceptors (Lipinski definition) is 4. The van der Waals surface area contributed by atoms with Crippen molar-refractivity contribution in [1.82, 2.24) is 4.98 Å². The molecule has 1 N–H and O–H groups in total. The molecule has 0 amide bonds. The average molecular weight is 317 g/mol. The molecule has 5 heteroatoms. The van der Waals surface area contributed by atoms with E-state index in [0.29, 0.717) is 5.69 Å². The van der Waals surface area contributed by atoms with Gasteiger partial charge in [-0.05, 0) is 42.0 Å². The summed E-state index contributed by atoms with van der Waals surface area (Å²) in [6.07, 6.45) is 5.61. The van der Waals surface area contributed by atoms with Crippen LogP contribution >= 0.6 is 0 Å². The number of nitro groups is 1. The van der Waals surface area contributed by atoms with E-state index in [4.69, 9.17) is 0 Å². The van der Waals surface area contributed by atoms with Gasteiger partial charge in [-0.1, -0.05) is 36.4 Å². The molecule has 0 bridgehead atoms. The molecule has 0 fully saturated rings. The van der Waals surface area contributed by atoms with Crippen molar-refractivity contribution < 1.29 is 4.92 Å². The number of anilines is 2. The molecule has 0 aliphatic carbocycles. The third-order valence-corrected chi connectivity index (χ3v) is 3.40. The fourth-order valence-electron chi connectivity index (χ4n) is 2.27. The lowest BCUT2D eigenvalue weighted by molar-refractivity contribution is -0.383. The Bertz CT molecular complexity index is 877. The molecule has 0 unspecified atom stereocenters. The Morgan fingerprint density at radius 3 is 2.58 bits per heavy atom. The fraction of sp³-hybridized carbons (Fsp3) is 0. The number of rotatable bonds is 5. The predicted octanol–water partition coefficient (Wildman–Crippen LogP) is 4.90.